The third-order valence-corrected chi connectivity index (χ3v) is 3.98. The van der Waals surface area contributed by atoms with Gasteiger partial charge in [-0.25, -0.2) is 0 Å². The van der Waals surface area contributed by atoms with Crippen molar-refractivity contribution in [2.45, 2.75) is 57.3 Å². The molecule has 2 aliphatic heterocycles. The van der Waals surface area contributed by atoms with Gasteiger partial charge in [0.25, 0.3) is 0 Å². The van der Waals surface area contributed by atoms with E-state index in [-0.39, 0.29) is 12.2 Å². The summed E-state index contributed by atoms with van der Waals surface area (Å²) in [6.45, 7) is 4.06. The zero-order chi connectivity index (χ0) is 12.0. The maximum atomic E-state index is 10.9. The van der Waals surface area contributed by atoms with E-state index in [4.69, 9.17) is 4.74 Å². The summed E-state index contributed by atoms with van der Waals surface area (Å²) in [6.07, 6.45) is 5.84. The lowest BCUT2D eigenvalue weighted by Gasteiger charge is -2.36. The van der Waals surface area contributed by atoms with Gasteiger partial charge in [-0.1, -0.05) is 6.07 Å². The Balaban J connectivity index is 1.97. The molecule has 2 unspecified atom stereocenters. The first-order chi connectivity index (χ1) is 8.07. The van der Waals surface area contributed by atoms with Crippen LogP contribution in [0.3, 0.4) is 0 Å². The number of fused-ring (bicyclic) bond motifs is 2. The highest BCUT2D eigenvalue weighted by atomic mass is 16.5. The lowest BCUT2D eigenvalue weighted by Crippen LogP contribution is -2.39. The molecule has 2 saturated heterocycles. The molecule has 92 valence electrons. The molecule has 1 aromatic rings. The zero-order valence-corrected chi connectivity index (χ0v) is 10.4. The molecular formula is C14H19NO2. The van der Waals surface area contributed by atoms with Crippen molar-refractivity contribution in [1.82, 2.24) is 4.98 Å². The van der Waals surface area contributed by atoms with Crippen molar-refractivity contribution < 1.29 is 9.84 Å². The van der Waals surface area contributed by atoms with Crippen LogP contribution in [0.1, 0.15) is 42.5 Å². The first-order valence-electron chi connectivity index (χ1n) is 6.38. The molecule has 2 aliphatic rings. The second-order valence-electron chi connectivity index (χ2n) is 5.58. The number of aromatic nitrogens is 1. The van der Waals surface area contributed by atoms with Gasteiger partial charge in [-0.2, -0.15) is 0 Å². The molecule has 0 amide bonds. The molecule has 2 fully saturated rings. The minimum Gasteiger partial charge on any atom is -0.383 e. The molecule has 1 aromatic heterocycles. The minimum atomic E-state index is -0.776. The molecule has 2 bridgehead atoms. The fourth-order valence-electron chi connectivity index (χ4n) is 3.31. The first-order valence-corrected chi connectivity index (χ1v) is 6.38. The number of ether oxygens (including phenoxy) is 1. The van der Waals surface area contributed by atoms with E-state index in [9.17, 15) is 5.11 Å². The average molecular weight is 233 g/mol. The van der Waals surface area contributed by atoms with E-state index in [0.29, 0.717) is 12.8 Å². The lowest BCUT2D eigenvalue weighted by molar-refractivity contribution is -0.117. The molecule has 0 aliphatic carbocycles. The van der Waals surface area contributed by atoms with Crippen LogP contribution < -0.4 is 0 Å². The van der Waals surface area contributed by atoms with Crippen molar-refractivity contribution in [2.24, 2.45) is 0 Å². The van der Waals surface area contributed by atoms with E-state index in [1.165, 1.54) is 0 Å². The Labute approximate surface area is 102 Å². The van der Waals surface area contributed by atoms with Gasteiger partial charge in [0.2, 0.25) is 0 Å². The highest BCUT2D eigenvalue weighted by Crippen LogP contribution is 2.44. The molecule has 3 rings (SSSR count). The summed E-state index contributed by atoms with van der Waals surface area (Å²) in [4.78, 5) is 4.46. The second kappa shape index (κ2) is 3.79. The van der Waals surface area contributed by atoms with E-state index in [0.717, 1.165) is 29.7 Å². The van der Waals surface area contributed by atoms with Crippen LogP contribution in [0.15, 0.2) is 12.3 Å². The third kappa shape index (κ3) is 1.87. The average Bonchev–Trinajstić information content (AvgIpc) is 2.58. The Bertz CT molecular complexity index is 432. The Hall–Kier alpha value is -0.930. The molecule has 1 N–H and O–H groups in total. The van der Waals surface area contributed by atoms with Crippen molar-refractivity contribution in [3.05, 3.63) is 29.1 Å². The van der Waals surface area contributed by atoms with Crippen molar-refractivity contribution in [3.8, 4) is 0 Å². The fraction of sp³-hybridized carbons (Fsp3) is 0.643. The maximum absolute atomic E-state index is 10.9. The van der Waals surface area contributed by atoms with Crippen molar-refractivity contribution in [1.29, 1.82) is 0 Å². The van der Waals surface area contributed by atoms with Crippen LogP contribution in [0.4, 0.5) is 0 Å². The van der Waals surface area contributed by atoms with Gasteiger partial charge in [0.1, 0.15) is 5.60 Å². The molecular weight excluding hydrogens is 214 g/mol. The molecule has 3 nitrogen and oxygen atoms in total. The highest BCUT2D eigenvalue weighted by Gasteiger charge is 2.46. The number of pyridine rings is 1. The van der Waals surface area contributed by atoms with E-state index in [1.807, 2.05) is 20.0 Å². The van der Waals surface area contributed by atoms with Crippen LogP contribution in [0.25, 0.3) is 0 Å². The van der Waals surface area contributed by atoms with Gasteiger partial charge < -0.3 is 9.84 Å². The Morgan fingerprint density at radius 2 is 1.94 bits per heavy atom. The van der Waals surface area contributed by atoms with Gasteiger partial charge >= 0.3 is 0 Å². The zero-order valence-electron chi connectivity index (χ0n) is 10.4. The first kappa shape index (κ1) is 11.2. The topological polar surface area (TPSA) is 42.4 Å². The highest BCUT2D eigenvalue weighted by molar-refractivity contribution is 5.28. The molecule has 2 atom stereocenters. The van der Waals surface area contributed by atoms with Gasteiger partial charge in [-0.05, 0) is 37.8 Å². The minimum absolute atomic E-state index is 0.223. The van der Waals surface area contributed by atoms with Crippen LogP contribution in [-0.2, 0) is 10.3 Å². The predicted octanol–water partition coefficient (Wildman–Crippen LogP) is 2.23. The molecule has 17 heavy (non-hydrogen) atoms. The molecule has 0 spiro atoms. The Kier molecular flexibility index (Phi) is 2.49. The lowest BCUT2D eigenvalue weighted by atomic mass is 9.84. The number of hydrogen-bond donors (Lipinski definition) is 1. The molecule has 0 aromatic carbocycles. The smallest absolute Gasteiger partial charge is 0.112 e. The number of aryl methyl sites for hydroxylation is 2. The Morgan fingerprint density at radius 3 is 2.53 bits per heavy atom. The Morgan fingerprint density at radius 1 is 1.29 bits per heavy atom. The van der Waals surface area contributed by atoms with Crippen molar-refractivity contribution in [2.75, 3.05) is 0 Å². The van der Waals surface area contributed by atoms with Crippen LogP contribution in [-0.4, -0.2) is 22.3 Å². The van der Waals surface area contributed by atoms with Crippen molar-refractivity contribution >= 4 is 0 Å². The van der Waals surface area contributed by atoms with E-state index in [2.05, 4.69) is 11.1 Å². The summed E-state index contributed by atoms with van der Waals surface area (Å²) in [5, 5.41) is 10.9. The summed E-state index contributed by atoms with van der Waals surface area (Å²) in [6, 6.07) is 2.09. The van der Waals surface area contributed by atoms with Gasteiger partial charge in [0.15, 0.2) is 0 Å². The van der Waals surface area contributed by atoms with Gasteiger partial charge in [-0.15, -0.1) is 0 Å². The summed E-state index contributed by atoms with van der Waals surface area (Å²) in [7, 11) is 0. The second-order valence-corrected chi connectivity index (χ2v) is 5.58. The number of nitrogens with zero attached hydrogens (tertiary/aromatic N) is 1. The molecule has 0 saturated carbocycles. The number of hydrogen-bond acceptors (Lipinski definition) is 3. The molecule has 0 radical (unpaired) electrons. The van der Waals surface area contributed by atoms with Crippen LogP contribution in [0.5, 0.6) is 0 Å². The molecule has 3 heteroatoms. The van der Waals surface area contributed by atoms with E-state index >= 15 is 0 Å². The molecule has 3 heterocycles. The number of rotatable bonds is 1. The number of aliphatic hydroxyl groups is 1. The normalized spacial score (nSPS) is 36.2. The van der Waals surface area contributed by atoms with E-state index < -0.39 is 5.60 Å². The van der Waals surface area contributed by atoms with Crippen LogP contribution in [0.2, 0.25) is 0 Å². The van der Waals surface area contributed by atoms with E-state index in [1.54, 1.807) is 0 Å². The SMILES string of the molecule is Cc1cnc(C2(O)CC3CCC(C2)O3)c(C)c1. The van der Waals surface area contributed by atoms with Crippen LogP contribution in [0, 0.1) is 13.8 Å². The maximum Gasteiger partial charge on any atom is 0.112 e. The summed E-state index contributed by atoms with van der Waals surface area (Å²) in [5.74, 6) is 0. The summed E-state index contributed by atoms with van der Waals surface area (Å²) < 4.78 is 5.79. The summed E-state index contributed by atoms with van der Waals surface area (Å²) in [5.41, 5.74) is 2.31. The van der Waals surface area contributed by atoms with Crippen molar-refractivity contribution in [3.63, 3.8) is 0 Å². The van der Waals surface area contributed by atoms with Crippen LogP contribution >= 0.6 is 0 Å². The fourth-order valence-corrected chi connectivity index (χ4v) is 3.31. The predicted molar refractivity (Wildman–Crippen MR) is 64.7 cm³/mol. The standard InChI is InChI=1S/C14H19NO2/c1-9-5-10(2)13(15-8-9)14(16)6-11-3-4-12(7-14)17-11/h5,8,11-12,16H,3-4,6-7H2,1-2H3. The quantitative estimate of drug-likeness (QED) is 0.808. The van der Waals surface area contributed by atoms with Gasteiger partial charge in [0.05, 0.1) is 17.9 Å². The van der Waals surface area contributed by atoms with Gasteiger partial charge in [-0.3, -0.25) is 4.98 Å². The third-order valence-electron chi connectivity index (χ3n) is 3.98. The largest absolute Gasteiger partial charge is 0.383 e. The summed E-state index contributed by atoms with van der Waals surface area (Å²) >= 11 is 0. The monoisotopic (exact) mass is 233 g/mol. The van der Waals surface area contributed by atoms with Gasteiger partial charge in [0, 0.05) is 19.0 Å².